The fourth-order valence-corrected chi connectivity index (χ4v) is 2.74. The number of carbonyl (C=O) groups is 1. The zero-order chi connectivity index (χ0) is 13.8. The Kier molecular flexibility index (Phi) is 4.14. The third-order valence-electron chi connectivity index (χ3n) is 3.89. The number of benzene rings is 1. The molecule has 1 fully saturated rings. The molecule has 2 aliphatic rings. The van der Waals surface area contributed by atoms with E-state index in [2.05, 4.69) is 40.6 Å². The van der Waals surface area contributed by atoms with Crippen LogP contribution in [0, 0.1) is 0 Å². The van der Waals surface area contributed by atoms with E-state index in [1.165, 1.54) is 11.1 Å². The minimum absolute atomic E-state index is 0.0108. The highest BCUT2D eigenvalue weighted by Crippen LogP contribution is 2.19. The van der Waals surface area contributed by atoms with E-state index >= 15 is 0 Å². The first-order valence-electron chi connectivity index (χ1n) is 7.15. The summed E-state index contributed by atoms with van der Waals surface area (Å²) in [7, 11) is 0. The first-order valence-corrected chi connectivity index (χ1v) is 7.15. The van der Waals surface area contributed by atoms with Crippen molar-refractivity contribution >= 4 is 5.91 Å². The average Bonchev–Trinajstić information content (AvgIpc) is 2.50. The number of hydrogen-bond donors (Lipinski definition) is 1. The molecule has 0 radical (unpaired) electrons. The van der Waals surface area contributed by atoms with E-state index in [0.717, 1.165) is 26.1 Å². The highest BCUT2D eigenvalue weighted by Gasteiger charge is 2.24. The fraction of sp³-hybridized carbons (Fsp3) is 0.438. The van der Waals surface area contributed by atoms with E-state index in [0.29, 0.717) is 6.54 Å². The van der Waals surface area contributed by atoms with Crippen LogP contribution in [0.2, 0.25) is 0 Å². The maximum absolute atomic E-state index is 11.1. The molecule has 1 amide bonds. The van der Waals surface area contributed by atoms with Gasteiger partial charge in [0.25, 0.3) is 0 Å². The molecule has 1 aromatic carbocycles. The summed E-state index contributed by atoms with van der Waals surface area (Å²) in [6.07, 6.45) is 3.36. The second-order valence-electron chi connectivity index (χ2n) is 5.35. The van der Waals surface area contributed by atoms with Crippen molar-refractivity contribution in [3.8, 4) is 0 Å². The van der Waals surface area contributed by atoms with Gasteiger partial charge in [-0.2, -0.15) is 0 Å². The summed E-state index contributed by atoms with van der Waals surface area (Å²) in [5.41, 5.74) is 2.68. The van der Waals surface area contributed by atoms with Gasteiger partial charge < -0.3 is 10.1 Å². The van der Waals surface area contributed by atoms with Crippen molar-refractivity contribution in [3.63, 3.8) is 0 Å². The monoisotopic (exact) mass is 272 g/mol. The molecular formula is C16H20N2O2. The second-order valence-corrected chi connectivity index (χ2v) is 5.35. The highest BCUT2D eigenvalue weighted by atomic mass is 16.5. The Hall–Kier alpha value is -1.65. The van der Waals surface area contributed by atoms with Gasteiger partial charge in [0.15, 0.2) is 0 Å². The summed E-state index contributed by atoms with van der Waals surface area (Å²) in [5, 5.41) is 2.86. The van der Waals surface area contributed by atoms with E-state index < -0.39 is 0 Å². The maximum atomic E-state index is 11.1. The summed E-state index contributed by atoms with van der Waals surface area (Å²) < 4.78 is 5.58. The zero-order valence-electron chi connectivity index (χ0n) is 11.5. The van der Waals surface area contributed by atoms with Gasteiger partial charge in [-0.25, -0.2) is 0 Å². The van der Waals surface area contributed by atoms with Gasteiger partial charge in [-0.15, -0.1) is 0 Å². The van der Waals surface area contributed by atoms with Crippen LogP contribution in [0.4, 0.5) is 0 Å². The molecule has 2 aliphatic heterocycles. The van der Waals surface area contributed by atoms with Crippen molar-refractivity contribution in [1.29, 1.82) is 0 Å². The van der Waals surface area contributed by atoms with Crippen molar-refractivity contribution in [2.24, 2.45) is 0 Å². The molecule has 0 saturated carbocycles. The van der Waals surface area contributed by atoms with Gasteiger partial charge in [0.1, 0.15) is 6.61 Å². The number of rotatable bonds is 3. The number of ether oxygens (including phenoxy) is 1. The molecule has 1 saturated heterocycles. The molecule has 0 spiro atoms. The van der Waals surface area contributed by atoms with Crippen molar-refractivity contribution in [2.75, 3.05) is 26.2 Å². The summed E-state index contributed by atoms with van der Waals surface area (Å²) in [4.78, 5) is 13.5. The third kappa shape index (κ3) is 3.26. The topological polar surface area (TPSA) is 41.6 Å². The Morgan fingerprint density at radius 1 is 1.30 bits per heavy atom. The van der Waals surface area contributed by atoms with E-state index in [4.69, 9.17) is 4.74 Å². The summed E-state index contributed by atoms with van der Waals surface area (Å²) in [6, 6.07) is 10.5. The summed E-state index contributed by atoms with van der Waals surface area (Å²) in [6.45, 7) is 3.80. The van der Waals surface area contributed by atoms with Gasteiger partial charge >= 0.3 is 0 Å². The molecule has 1 atom stereocenters. The van der Waals surface area contributed by atoms with Crippen LogP contribution >= 0.6 is 0 Å². The number of amides is 1. The lowest BCUT2D eigenvalue weighted by Gasteiger charge is -2.31. The molecule has 0 bridgehead atoms. The molecule has 106 valence electrons. The molecule has 0 aliphatic carbocycles. The number of morpholine rings is 1. The highest BCUT2D eigenvalue weighted by molar-refractivity contribution is 5.77. The predicted molar refractivity (Wildman–Crippen MR) is 77.2 cm³/mol. The Balaban J connectivity index is 1.54. The summed E-state index contributed by atoms with van der Waals surface area (Å²) >= 11 is 0. The van der Waals surface area contributed by atoms with Crippen molar-refractivity contribution < 1.29 is 9.53 Å². The molecule has 20 heavy (non-hydrogen) atoms. The van der Waals surface area contributed by atoms with E-state index in [-0.39, 0.29) is 18.6 Å². The maximum Gasteiger partial charge on any atom is 0.246 e. The lowest BCUT2D eigenvalue weighted by atomic mass is 10.0. The lowest BCUT2D eigenvalue weighted by molar-refractivity contribution is -0.131. The number of nitrogens with zero attached hydrogens (tertiary/aromatic N) is 1. The minimum Gasteiger partial charge on any atom is -0.362 e. The van der Waals surface area contributed by atoms with Gasteiger partial charge in [0.2, 0.25) is 5.91 Å². The second kappa shape index (κ2) is 6.20. The van der Waals surface area contributed by atoms with Crippen molar-refractivity contribution in [2.45, 2.75) is 19.1 Å². The largest absolute Gasteiger partial charge is 0.362 e. The van der Waals surface area contributed by atoms with Crippen LogP contribution in [0.25, 0.3) is 0 Å². The molecule has 1 N–H and O–H groups in total. The number of hydrogen-bond acceptors (Lipinski definition) is 3. The molecule has 2 heterocycles. The quantitative estimate of drug-likeness (QED) is 0.844. The first kappa shape index (κ1) is 13.3. The number of nitrogens with one attached hydrogen (secondary N) is 1. The lowest BCUT2D eigenvalue weighted by Crippen LogP contribution is -2.45. The van der Waals surface area contributed by atoms with Gasteiger partial charge in [0.05, 0.1) is 6.10 Å². The van der Waals surface area contributed by atoms with Crippen LogP contribution in [-0.4, -0.2) is 43.2 Å². The average molecular weight is 272 g/mol. The van der Waals surface area contributed by atoms with E-state index in [1.807, 2.05) is 6.07 Å². The van der Waals surface area contributed by atoms with E-state index in [9.17, 15) is 4.79 Å². The number of carbonyl (C=O) groups excluding carboxylic acids is 1. The van der Waals surface area contributed by atoms with Crippen LogP contribution < -0.4 is 5.32 Å². The molecule has 1 aromatic rings. The normalized spacial score (nSPS) is 24.1. The van der Waals surface area contributed by atoms with Gasteiger partial charge in [-0.05, 0) is 17.6 Å². The standard InChI is InChI=1S/C16H20N2O2/c19-16-12-20-15(10-17-16)14-6-8-18(9-7-14)11-13-4-2-1-3-5-13/h1-6,15H,7-12H2,(H,17,19)/t15-/m0/s1. The van der Waals surface area contributed by atoms with Crippen molar-refractivity contribution in [1.82, 2.24) is 10.2 Å². The summed E-state index contributed by atoms with van der Waals surface area (Å²) in [5.74, 6) is -0.0108. The first-order chi connectivity index (χ1) is 9.81. The molecule has 0 unspecified atom stereocenters. The third-order valence-corrected chi connectivity index (χ3v) is 3.89. The molecule has 0 aromatic heterocycles. The SMILES string of the molecule is O=C1CO[C@H](C2=CCN(Cc3ccccc3)CC2)CN1. The van der Waals surface area contributed by atoms with Gasteiger partial charge in [0, 0.05) is 26.2 Å². The van der Waals surface area contributed by atoms with Crippen LogP contribution in [0.15, 0.2) is 42.0 Å². The van der Waals surface area contributed by atoms with Crippen LogP contribution in [0.3, 0.4) is 0 Å². The Labute approximate surface area is 119 Å². The van der Waals surface area contributed by atoms with Crippen LogP contribution in [-0.2, 0) is 16.1 Å². The fourth-order valence-electron chi connectivity index (χ4n) is 2.74. The molecular weight excluding hydrogens is 252 g/mol. The molecule has 4 nitrogen and oxygen atoms in total. The van der Waals surface area contributed by atoms with Gasteiger partial charge in [-0.3, -0.25) is 9.69 Å². The van der Waals surface area contributed by atoms with Gasteiger partial charge in [-0.1, -0.05) is 36.4 Å². The Bertz CT molecular complexity index is 488. The van der Waals surface area contributed by atoms with Crippen LogP contribution in [0.1, 0.15) is 12.0 Å². The smallest absolute Gasteiger partial charge is 0.246 e. The van der Waals surface area contributed by atoms with E-state index in [1.54, 1.807) is 0 Å². The Morgan fingerprint density at radius 3 is 2.80 bits per heavy atom. The molecule has 4 heteroatoms. The molecule has 3 rings (SSSR count). The predicted octanol–water partition coefficient (Wildman–Crippen LogP) is 1.33. The Morgan fingerprint density at radius 2 is 2.15 bits per heavy atom. The zero-order valence-corrected chi connectivity index (χ0v) is 11.5. The van der Waals surface area contributed by atoms with Crippen molar-refractivity contribution in [3.05, 3.63) is 47.5 Å². The minimum atomic E-state index is -0.0108. The van der Waals surface area contributed by atoms with Crippen LogP contribution in [0.5, 0.6) is 0 Å².